The van der Waals surface area contributed by atoms with Crippen molar-refractivity contribution < 1.29 is 22.3 Å². The Morgan fingerprint density at radius 2 is 1.91 bits per heavy atom. The van der Waals surface area contributed by atoms with E-state index < -0.39 is 21.7 Å². The molecule has 0 radical (unpaired) electrons. The molecule has 0 spiro atoms. The molecule has 0 N–H and O–H groups in total. The Bertz CT molecular complexity index is 1330. The first kappa shape index (κ1) is 23.1. The number of hydrogen-bond donors (Lipinski definition) is 0. The minimum atomic E-state index is -3.97. The highest BCUT2D eigenvalue weighted by Crippen LogP contribution is 2.35. The van der Waals surface area contributed by atoms with Crippen molar-refractivity contribution in [1.29, 1.82) is 0 Å². The molecular formula is C24H22ClFN2O4S. The van der Waals surface area contributed by atoms with Crippen LogP contribution in [0.15, 0.2) is 65.6 Å². The Kier molecular flexibility index (Phi) is 6.32. The molecule has 0 saturated carbocycles. The molecule has 1 amide bonds. The summed E-state index contributed by atoms with van der Waals surface area (Å²) in [5.74, 6) is -0.827. The zero-order valence-corrected chi connectivity index (χ0v) is 19.7. The number of benzene rings is 3. The number of fused-ring (bicyclic) bond motifs is 1. The summed E-state index contributed by atoms with van der Waals surface area (Å²) >= 11 is 6.26. The molecule has 0 bridgehead atoms. The number of hydrogen-bond acceptors (Lipinski definition) is 4. The zero-order valence-electron chi connectivity index (χ0n) is 18.1. The molecule has 4 rings (SSSR count). The predicted molar refractivity (Wildman–Crippen MR) is 125 cm³/mol. The van der Waals surface area contributed by atoms with Crippen LogP contribution in [-0.4, -0.2) is 39.9 Å². The monoisotopic (exact) mass is 488 g/mol. The van der Waals surface area contributed by atoms with Gasteiger partial charge in [-0.05, 0) is 53.9 Å². The summed E-state index contributed by atoms with van der Waals surface area (Å²) in [6, 6.07) is 15.9. The Morgan fingerprint density at radius 3 is 2.64 bits per heavy atom. The highest BCUT2D eigenvalue weighted by molar-refractivity contribution is 7.93. The van der Waals surface area contributed by atoms with E-state index in [2.05, 4.69) is 0 Å². The molecule has 0 saturated heterocycles. The molecule has 3 aromatic carbocycles. The zero-order chi connectivity index (χ0) is 23.8. The van der Waals surface area contributed by atoms with Gasteiger partial charge in [-0.2, -0.15) is 0 Å². The van der Waals surface area contributed by atoms with Gasteiger partial charge in [-0.1, -0.05) is 35.9 Å². The lowest BCUT2D eigenvalue weighted by atomic mass is 10.1. The number of ether oxygens (including phenoxy) is 1. The van der Waals surface area contributed by atoms with Crippen LogP contribution in [0.4, 0.5) is 10.1 Å². The molecule has 9 heteroatoms. The van der Waals surface area contributed by atoms with Gasteiger partial charge in [-0.3, -0.25) is 9.10 Å². The third-order valence-electron chi connectivity index (χ3n) is 5.57. The summed E-state index contributed by atoms with van der Waals surface area (Å²) in [4.78, 5) is 14.3. The number of halogens is 2. The van der Waals surface area contributed by atoms with Crippen LogP contribution in [0.2, 0.25) is 5.02 Å². The quantitative estimate of drug-likeness (QED) is 0.512. The molecule has 0 fully saturated rings. The fourth-order valence-electron chi connectivity index (χ4n) is 3.88. The van der Waals surface area contributed by atoms with E-state index in [-0.39, 0.29) is 27.8 Å². The SMILES string of the molecule is COc1ccc(CN(C)C(=O)c2ccc(Cl)c(S(=O)(=O)N3CCc4ccccc43)c2)cc1F. The van der Waals surface area contributed by atoms with E-state index in [0.29, 0.717) is 24.2 Å². The molecule has 0 aromatic heterocycles. The van der Waals surface area contributed by atoms with Gasteiger partial charge in [0.25, 0.3) is 15.9 Å². The van der Waals surface area contributed by atoms with Crippen LogP contribution in [0.5, 0.6) is 5.75 Å². The lowest BCUT2D eigenvalue weighted by Crippen LogP contribution is -2.30. The Morgan fingerprint density at radius 1 is 1.15 bits per heavy atom. The second kappa shape index (κ2) is 9.03. The third kappa shape index (κ3) is 4.41. The minimum Gasteiger partial charge on any atom is -0.494 e. The molecule has 172 valence electrons. The number of amides is 1. The summed E-state index contributed by atoms with van der Waals surface area (Å²) < 4.78 is 47.1. The van der Waals surface area contributed by atoms with E-state index in [1.54, 1.807) is 25.2 Å². The first-order valence-electron chi connectivity index (χ1n) is 10.2. The van der Waals surface area contributed by atoms with Gasteiger partial charge in [0.1, 0.15) is 4.90 Å². The smallest absolute Gasteiger partial charge is 0.265 e. The highest BCUT2D eigenvalue weighted by Gasteiger charge is 2.32. The highest BCUT2D eigenvalue weighted by atomic mass is 35.5. The van der Waals surface area contributed by atoms with Crippen LogP contribution in [0.3, 0.4) is 0 Å². The lowest BCUT2D eigenvalue weighted by Gasteiger charge is -2.22. The minimum absolute atomic E-state index is 0.0378. The summed E-state index contributed by atoms with van der Waals surface area (Å²) in [6.45, 7) is 0.434. The number of anilines is 1. The summed E-state index contributed by atoms with van der Waals surface area (Å²) in [5.41, 5.74) is 2.29. The van der Waals surface area contributed by atoms with Crippen molar-refractivity contribution in [2.24, 2.45) is 0 Å². The van der Waals surface area contributed by atoms with Crippen LogP contribution in [-0.2, 0) is 23.0 Å². The van der Waals surface area contributed by atoms with Gasteiger partial charge in [0, 0.05) is 25.7 Å². The topological polar surface area (TPSA) is 66.9 Å². The van der Waals surface area contributed by atoms with E-state index in [4.69, 9.17) is 16.3 Å². The standard InChI is InChI=1S/C24H22ClFN2O4S/c1-27(15-16-7-10-22(32-2)20(26)13-16)24(29)18-8-9-19(25)23(14-18)33(30,31)28-12-11-17-5-3-4-6-21(17)28/h3-10,13-14H,11-12,15H2,1-2H3. The Labute approximate surface area is 197 Å². The number of para-hydroxylation sites is 1. The number of sulfonamides is 1. The average molecular weight is 489 g/mol. The summed E-state index contributed by atoms with van der Waals surface area (Å²) in [7, 11) is -1.03. The molecular weight excluding hydrogens is 467 g/mol. The normalized spacial score (nSPS) is 13.0. The molecule has 0 unspecified atom stereocenters. The summed E-state index contributed by atoms with van der Waals surface area (Å²) in [6.07, 6.45) is 0.604. The first-order valence-corrected chi connectivity index (χ1v) is 12.0. The molecule has 1 aliphatic rings. The number of methoxy groups -OCH3 is 1. The van der Waals surface area contributed by atoms with Crippen molar-refractivity contribution in [3.8, 4) is 5.75 Å². The fraction of sp³-hybridized carbons (Fsp3) is 0.208. The number of rotatable bonds is 6. The van der Waals surface area contributed by atoms with Gasteiger partial charge >= 0.3 is 0 Å². The molecule has 1 heterocycles. The van der Waals surface area contributed by atoms with E-state index in [1.807, 2.05) is 12.1 Å². The molecule has 33 heavy (non-hydrogen) atoms. The second-order valence-corrected chi connectivity index (χ2v) is 9.97. The van der Waals surface area contributed by atoms with Gasteiger partial charge in [0.15, 0.2) is 11.6 Å². The lowest BCUT2D eigenvalue weighted by molar-refractivity contribution is 0.0784. The van der Waals surface area contributed by atoms with Gasteiger partial charge in [-0.15, -0.1) is 0 Å². The third-order valence-corrected chi connectivity index (χ3v) is 7.87. The van der Waals surface area contributed by atoms with E-state index in [9.17, 15) is 17.6 Å². The molecule has 0 atom stereocenters. The molecule has 3 aromatic rings. The van der Waals surface area contributed by atoms with Crippen LogP contribution >= 0.6 is 11.6 Å². The Hall–Kier alpha value is -3.10. The van der Waals surface area contributed by atoms with Gasteiger partial charge in [-0.25, -0.2) is 12.8 Å². The molecule has 0 aliphatic carbocycles. The van der Waals surface area contributed by atoms with Crippen molar-refractivity contribution >= 4 is 33.2 Å². The van der Waals surface area contributed by atoms with Crippen LogP contribution < -0.4 is 9.04 Å². The number of carbonyl (C=O) groups excluding carboxylic acids is 1. The predicted octanol–water partition coefficient (Wildman–Crippen LogP) is 4.51. The second-order valence-electron chi connectivity index (χ2n) is 7.73. The van der Waals surface area contributed by atoms with Crippen molar-refractivity contribution in [1.82, 2.24) is 4.90 Å². The van der Waals surface area contributed by atoms with E-state index in [0.717, 1.165) is 5.56 Å². The maximum Gasteiger partial charge on any atom is 0.265 e. The van der Waals surface area contributed by atoms with Crippen molar-refractivity contribution in [2.75, 3.05) is 25.0 Å². The molecule has 6 nitrogen and oxygen atoms in total. The first-order chi connectivity index (χ1) is 15.7. The van der Waals surface area contributed by atoms with E-state index in [1.165, 1.54) is 46.6 Å². The summed E-state index contributed by atoms with van der Waals surface area (Å²) in [5, 5.41) is 0.0378. The van der Waals surface area contributed by atoms with Crippen molar-refractivity contribution in [3.63, 3.8) is 0 Å². The average Bonchev–Trinajstić information content (AvgIpc) is 3.24. The van der Waals surface area contributed by atoms with Crippen LogP contribution in [0.25, 0.3) is 0 Å². The van der Waals surface area contributed by atoms with Crippen LogP contribution in [0, 0.1) is 5.82 Å². The maximum absolute atomic E-state index is 14.0. The van der Waals surface area contributed by atoms with Crippen molar-refractivity contribution in [2.45, 2.75) is 17.9 Å². The van der Waals surface area contributed by atoms with E-state index >= 15 is 0 Å². The number of carbonyl (C=O) groups is 1. The van der Waals surface area contributed by atoms with Gasteiger partial charge in [0.05, 0.1) is 17.8 Å². The van der Waals surface area contributed by atoms with Crippen LogP contribution in [0.1, 0.15) is 21.5 Å². The van der Waals surface area contributed by atoms with Gasteiger partial charge in [0.2, 0.25) is 0 Å². The molecule has 1 aliphatic heterocycles. The Balaban J connectivity index is 1.60. The maximum atomic E-state index is 14.0. The van der Waals surface area contributed by atoms with Gasteiger partial charge < -0.3 is 9.64 Å². The van der Waals surface area contributed by atoms with Crippen molar-refractivity contribution in [3.05, 3.63) is 88.2 Å². The fourth-order valence-corrected chi connectivity index (χ4v) is 5.89. The number of nitrogens with zero attached hydrogens (tertiary/aromatic N) is 2. The largest absolute Gasteiger partial charge is 0.494 e.